The zero-order valence-corrected chi connectivity index (χ0v) is 20.3. The summed E-state index contributed by atoms with van der Waals surface area (Å²) in [6.07, 6.45) is 5.54. The number of hydrogen-bond donors (Lipinski definition) is 2. The fourth-order valence-electron chi connectivity index (χ4n) is 4.84. The van der Waals surface area contributed by atoms with Crippen molar-refractivity contribution in [3.05, 3.63) is 28.9 Å². The van der Waals surface area contributed by atoms with Gasteiger partial charge < -0.3 is 15.3 Å². The summed E-state index contributed by atoms with van der Waals surface area (Å²) in [7, 11) is -1.28. The van der Waals surface area contributed by atoms with Crippen LogP contribution < -0.4 is 10.2 Å². The van der Waals surface area contributed by atoms with Crippen LogP contribution in [0.15, 0.2) is 17.3 Å². The Hall–Kier alpha value is -1.91. The quantitative estimate of drug-likeness (QED) is 0.653. The van der Waals surface area contributed by atoms with Gasteiger partial charge in [0.1, 0.15) is 22.7 Å². The number of halogens is 2. The predicted molar refractivity (Wildman–Crippen MR) is 125 cm³/mol. The zero-order valence-electron chi connectivity index (χ0n) is 18.7. The fourth-order valence-corrected chi connectivity index (χ4v) is 6.36. The summed E-state index contributed by atoms with van der Waals surface area (Å²) in [4.78, 5) is 20.3. The van der Waals surface area contributed by atoms with Crippen molar-refractivity contribution in [1.82, 2.24) is 19.9 Å². The molecule has 0 amide bonds. The number of rotatable bonds is 5. The van der Waals surface area contributed by atoms with Gasteiger partial charge in [0.05, 0.1) is 50.9 Å². The van der Waals surface area contributed by atoms with Crippen molar-refractivity contribution in [3.63, 3.8) is 0 Å². The van der Waals surface area contributed by atoms with Gasteiger partial charge in [-0.25, -0.2) is 19.3 Å². The lowest BCUT2D eigenvalue weighted by molar-refractivity contribution is 0.143. The summed E-state index contributed by atoms with van der Waals surface area (Å²) in [6.45, 7) is 4.55. The van der Waals surface area contributed by atoms with Crippen molar-refractivity contribution in [3.8, 4) is 0 Å². The van der Waals surface area contributed by atoms with Gasteiger partial charge in [-0.2, -0.15) is 4.98 Å². The molecule has 33 heavy (non-hydrogen) atoms. The maximum absolute atomic E-state index is 15.2. The second kappa shape index (κ2) is 8.39. The van der Waals surface area contributed by atoms with Crippen LogP contribution in [-0.2, 0) is 17.2 Å². The molecule has 3 aliphatic rings. The van der Waals surface area contributed by atoms with Gasteiger partial charge in [0, 0.05) is 25.4 Å². The molecule has 0 radical (unpaired) electrons. The van der Waals surface area contributed by atoms with Gasteiger partial charge in [-0.15, -0.1) is 0 Å². The Morgan fingerprint density at radius 2 is 2.03 bits per heavy atom. The van der Waals surface area contributed by atoms with E-state index in [0.29, 0.717) is 46.9 Å². The second-order valence-electron chi connectivity index (χ2n) is 9.89. The Morgan fingerprint density at radius 3 is 2.64 bits per heavy atom. The van der Waals surface area contributed by atoms with Crippen molar-refractivity contribution in [2.45, 2.75) is 73.2 Å². The monoisotopic (exact) mass is 494 g/mol. The molecule has 2 N–H and O–H groups in total. The van der Waals surface area contributed by atoms with Crippen LogP contribution in [-0.4, -0.2) is 65.4 Å². The lowest BCUT2D eigenvalue weighted by Crippen LogP contribution is -2.49. The molecule has 2 fully saturated rings. The highest BCUT2D eigenvalue weighted by Gasteiger charge is 2.44. The topological polar surface area (TPSA) is 104 Å². The van der Waals surface area contributed by atoms with Crippen LogP contribution in [0, 0.1) is 0 Å². The molecule has 2 aromatic heterocycles. The number of piperidine rings is 1. The standard InChI is InChI=1S/C22H28ClFN6O2S/c1-21(2)8-16-17(33(21)32)19(29-22(12-31)5-3-6-22)28-20(27-16)30-7-4-14(15(24)11-30)18-25-9-13(23)10-26-18/h9-10,14-15,31H,3-8,11-12H2,1-2H3,(H,27,28,29). The maximum atomic E-state index is 15.2. The SMILES string of the molecule is CC1(C)Cc2nc(N3CCC(c4ncc(Cl)cn4)C(F)C3)nc(NC3(CO)CCC3)c2S1=O. The number of anilines is 2. The van der Waals surface area contributed by atoms with Crippen LogP contribution in [0.2, 0.25) is 5.02 Å². The number of aromatic nitrogens is 4. The molecular weight excluding hydrogens is 467 g/mol. The summed E-state index contributed by atoms with van der Waals surface area (Å²) in [5, 5.41) is 13.8. The number of hydrogen-bond acceptors (Lipinski definition) is 8. The molecule has 1 saturated carbocycles. The van der Waals surface area contributed by atoms with E-state index in [2.05, 4.69) is 15.3 Å². The average molecular weight is 495 g/mol. The van der Waals surface area contributed by atoms with Crippen molar-refractivity contribution < 1.29 is 13.7 Å². The Balaban J connectivity index is 1.44. The van der Waals surface area contributed by atoms with Crippen LogP contribution >= 0.6 is 11.6 Å². The molecular formula is C22H28ClFN6O2S. The molecule has 2 aromatic rings. The van der Waals surface area contributed by atoms with E-state index in [1.54, 1.807) is 0 Å². The van der Waals surface area contributed by atoms with E-state index in [4.69, 9.17) is 21.6 Å². The average Bonchev–Trinajstić information content (AvgIpc) is 2.99. The van der Waals surface area contributed by atoms with E-state index in [1.165, 1.54) is 12.4 Å². The minimum absolute atomic E-state index is 0.0177. The van der Waals surface area contributed by atoms with E-state index >= 15 is 4.39 Å². The summed E-state index contributed by atoms with van der Waals surface area (Å²) in [5.74, 6) is 0.975. The van der Waals surface area contributed by atoms with Gasteiger partial charge in [-0.3, -0.25) is 4.21 Å². The number of aliphatic hydroxyl groups is 1. The molecule has 178 valence electrons. The molecule has 0 bridgehead atoms. The van der Waals surface area contributed by atoms with Crippen LogP contribution in [0.3, 0.4) is 0 Å². The normalized spacial score (nSPS) is 27.7. The molecule has 1 saturated heterocycles. The second-order valence-corrected chi connectivity index (χ2v) is 12.4. The van der Waals surface area contributed by atoms with Gasteiger partial charge in [0.2, 0.25) is 5.95 Å². The molecule has 1 aliphatic carbocycles. The molecule has 11 heteroatoms. The summed E-state index contributed by atoms with van der Waals surface area (Å²) >= 11 is 5.87. The first-order valence-electron chi connectivity index (χ1n) is 11.3. The largest absolute Gasteiger partial charge is 0.394 e. The number of aliphatic hydroxyl groups excluding tert-OH is 1. The first-order valence-corrected chi connectivity index (χ1v) is 12.8. The van der Waals surface area contributed by atoms with Gasteiger partial charge in [0.15, 0.2) is 0 Å². The predicted octanol–water partition coefficient (Wildman–Crippen LogP) is 3.02. The number of nitrogens with zero attached hydrogens (tertiary/aromatic N) is 5. The lowest BCUT2D eigenvalue weighted by atomic mass is 9.77. The van der Waals surface area contributed by atoms with Crippen LogP contribution in [0.1, 0.15) is 57.0 Å². The lowest BCUT2D eigenvalue weighted by Gasteiger charge is -2.42. The smallest absolute Gasteiger partial charge is 0.227 e. The van der Waals surface area contributed by atoms with Crippen molar-refractivity contribution in [1.29, 1.82) is 0 Å². The highest BCUT2D eigenvalue weighted by molar-refractivity contribution is 7.87. The van der Waals surface area contributed by atoms with Crippen LogP contribution in [0.25, 0.3) is 0 Å². The molecule has 0 aromatic carbocycles. The molecule has 4 heterocycles. The fraction of sp³-hybridized carbons (Fsp3) is 0.636. The van der Waals surface area contributed by atoms with Crippen molar-refractivity contribution in [2.75, 3.05) is 29.9 Å². The highest BCUT2D eigenvalue weighted by atomic mass is 35.5. The van der Waals surface area contributed by atoms with Gasteiger partial charge in [-0.1, -0.05) is 11.6 Å². The Labute approximate surface area is 199 Å². The van der Waals surface area contributed by atoms with E-state index < -0.39 is 33.2 Å². The van der Waals surface area contributed by atoms with Crippen LogP contribution in [0.4, 0.5) is 16.2 Å². The summed E-state index contributed by atoms with van der Waals surface area (Å²) in [6, 6.07) is 0. The van der Waals surface area contributed by atoms with E-state index in [9.17, 15) is 9.32 Å². The molecule has 0 spiro atoms. The Bertz CT molecular complexity index is 1080. The first-order chi connectivity index (χ1) is 15.7. The maximum Gasteiger partial charge on any atom is 0.227 e. The Kier molecular flexibility index (Phi) is 5.81. The van der Waals surface area contributed by atoms with E-state index in [1.807, 2.05) is 18.7 Å². The Morgan fingerprint density at radius 1 is 1.30 bits per heavy atom. The third kappa shape index (κ3) is 4.10. The number of fused-ring (bicyclic) bond motifs is 1. The van der Waals surface area contributed by atoms with E-state index in [0.717, 1.165) is 25.0 Å². The zero-order chi connectivity index (χ0) is 23.4. The minimum Gasteiger partial charge on any atom is -0.394 e. The molecule has 8 nitrogen and oxygen atoms in total. The third-order valence-corrected chi connectivity index (χ3v) is 9.14. The summed E-state index contributed by atoms with van der Waals surface area (Å²) in [5.41, 5.74) is 0.287. The highest BCUT2D eigenvalue weighted by Crippen LogP contribution is 2.43. The third-order valence-electron chi connectivity index (χ3n) is 7.00. The van der Waals surface area contributed by atoms with Crippen molar-refractivity contribution in [2.24, 2.45) is 0 Å². The molecule has 3 atom stereocenters. The first kappa shape index (κ1) is 22.9. The van der Waals surface area contributed by atoms with Gasteiger partial charge in [0.25, 0.3) is 0 Å². The van der Waals surface area contributed by atoms with Gasteiger partial charge in [-0.05, 0) is 39.5 Å². The summed E-state index contributed by atoms with van der Waals surface area (Å²) < 4.78 is 28.0. The van der Waals surface area contributed by atoms with Crippen LogP contribution in [0.5, 0.6) is 0 Å². The molecule has 3 unspecified atom stereocenters. The van der Waals surface area contributed by atoms with Crippen molar-refractivity contribution >= 4 is 34.2 Å². The van der Waals surface area contributed by atoms with Gasteiger partial charge >= 0.3 is 0 Å². The molecule has 5 rings (SSSR count). The molecule has 2 aliphatic heterocycles. The number of alkyl halides is 1. The van der Waals surface area contributed by atoms with E-state index in [-0.39, 0.29) is 13.2 Å². The minimum atomic E-state index is -1.28. The number of nitrogens with one attached hydrogen (secondary N) is 1.